The molecule has 2 aromatic heterocycles. The van der Waals surface area contributed by atoms with Gasteiger partial charge in [-0.05, 0) is 36.4 Å². The summed E-state index contributed by atoms with van der Waals surface area (Å²) in [5.41, 5.74) is 5.99. The first-order chi connectivity index (χ1) is 32.0. The lowest BCUT2D eigenvalue weighted by molar-refractivity contribution is -0.122. The molecule has 0 bridgehead atoms. The molecule has 0 spiro atoms. The van der Waals surface area contributed by atoms with E-state index in [1.165, 1.54) is 17.3 Å². The van der Waals surface area contributed by atoms with Gasteiger partial charge in [0.05, 0.1) is 124 Å². The number of nitrogens with one attached hydrogen (secondary N) is 2. The normalized spacial score (nSPS) is 14.1. The van der Waals surface area contributed by atoms with Crippen LogP contribution in [0.5, 0.6) is 0 Å². The van der Waals surface area contributed by atoms with E-state index in [9.17, 15) is 14.0 Å². The quantitative estimate of drug-likeness (QED) is 0.0664. The number of morpholine rings is 1. The number of anilines is 2. The summed E-state index contributed by atoms with van der Waals surface area (Å²) in [4.78, 5) is 32.4. The molecule has 4 heterocycles. The standard InChI is InChI=1S/C46H67FN6O12/c1-2-44(54)48-9-16-57-22-26-62-30-29-61-25-21-56-15-8-45(55)49-10-17-58-23-27-63-31-32-64-28-24-60-20-14-53-41-7-11-52(35-39(41)38-5-3-36(47)33-42(38)53)37-4-6-43-40(34-37)50-46(65-43)51-12-18-59-19-13-51/h3-6,33-34H,2,7-32,35H2,1H3,(H,48,54)(H,49,55). The van der Waals surface area contributed by atoms with Crippen LogP contribution >= 0.6 is 0 Å². The molecule has 0 atom stereocenters. The van der Waals surface area contributed by atoms with Gasteiger partial charge in [-0.2, -0.15) is 4.98 Å². The van der Waals surface area contributed by atoms with Gasteiger partial charge in [0.15, 0.2) is 5.58 Å². The van der Waals surface area contributed by atoms with E-state index in [-0.39, 0.29) is 24.1 Å². The zero-order valence-electron chi connectivity index (χ0n) is 37.8. The van der Waals surface area contributed by atoms with E-state index in [1.807, 2.05) is 12.1 Å². The minimum atomic E-state index is -0.256. The minimum absolute atomic E-state index is 0.0105. The van der Waals surface area contributed by atoms with Crippen molar-refractivity contribution in [2.24, 2.45) is 0 Å². The van der Waals surface area contributed by atoms with Crippen LogP contribution in [0.1, 0.15) is 31.0 Å². The molecule has 2 aliphatic rings. The molecule has 0 radical (unpaired) electrons. The molecule has 4 aromatic rings. The van der Waals surface area contributed by atoms with Crippen LogP contribution in [0, 0.1) is 5.82 Å². The molecule has 6 rings (SSSR count). The predicted molar refractivity (Wildman–Crippen MR) is 241 cm³/mol. The third-order valence-corrected chi connectivity index (χ3v) is 10.8. The third kappa shape index (κ3) is 16.7. The highest BCUT2D eigenvalue weighted by Crippen LogP contribution is 2.35. The lowest BCUT2D eigenvalue weighted by atomic mass is 10.0. The molecule has 2 aromatic carbocycles. The molecule has 2 amide bonds. The molecule has 1 saturated heterocycles. The summed E-state index contributed by atoms with van der Waals surface area (Å²) >= 11 is 0. The first-order valence-corrected chi connectivity index (χ1v) is 22.9. The maximum atomic E-state index is 14.5. The van der Waals surface area contributed by atoms with Gasteiger partial charge in [0.25, 0.3) is 6.01 Å². The molecular weight excluding hydrogens is 848 g/mol. The Kier molecular flexibility index (Phi) is 22.0. The molecule has 360 valence electrons. The van der Waals surface area contributed by atoms with Gasteiger partial charge < -0.3 is 72.0 Å². The van der Waals surface area contributed by atoms with Crippen molar-refractivity contribution in [3.05, 3.63) is 53.5 Å². The van der Waals surface area contributed by atoms with Crippen LogP contribution in [-0.2, 0) is 71.7 Å². The van der Waals surface area contributed by atoms with E-state index in [0.717, 1.165) is 53.7 Å². The molecule has 0 unspecified atom stereocenters. The zero-order valence-corrected chi connectivity index (χ0v) is 37.8. The fourth-order valence-electron chi connectivity index (χ4n) is 7.47. The summed E-state index contributed by atoms with van der Waals surface area (Å²) in [6.07, 6.45) is 1.55. The van der Waals surface area contributed by atoms with E-state index in [2.05, 4.69) is 37.1 Å². The molecule has 2 N–H and O–H groups in total. The molecule has 0 saturated carbocycles. The van der Waals surface area contributed by atoms with E-state index >= 15 is 0 Å². The van der Waals surface area contributed by atoms with Crippen molar-refractivity contribution in [1.82, 2.24) is 20.2 Å². The number of fused-ring (bicyclic) bond motifs is 4. The van der Waals surface area contributed by atoms with Gasteiger partial charge in [0.2, 0.25) is 11.8 Å². The number of benzene rings is 2. The van der Waals surface area contributed by atoms with Crippen molar-refractivity contribution in [3.63, 3.8) is 0 Å². The smallest absolute Gasteiger partial charge is 0.298 e. The van der Waals surface area contributed by atoms with Gasteiger partial charge in [-0.15, -0.1) is 0 Å². The highest BCUT2D eigenvalue weighted by Gasteiger charge is 2.25. The van der Waals surface area contributed by atoms with E-state index < -0.39 is 0 Å². The van der Waals surface area contributed by atoms with Crippen molar-refractivity contribution < 1.29 is 61.0 Å². The largest absolute Gasteiger partial charge is 0.423 e. The van der Waals surface area contributed by atoms with Crippen LogP contribution in [-0.4, -0.2) is 173 Å². The SMILES string of the molecule is CCC(=O)NCCOCCOCCOCCOCCC(=O)NCCOCCOCCOCCOCCn1c2c(c3ccc(F)cc31)CN(c1ccc3oc(N4CCOCC4)nc3c1)CC2. The summed E-state index contributed by atoms with van der Waals surface area (Å²) in [7, 11) is 0. The van der Waals surface area contributed by atoms with Crippen LogP contribution in [0.15, 0.2) is 40.8 Å². The van der Waals surface area contributed by atoms with Gasteiger partial charge in [0, 0.05) is 87.4 Å². The van der Waals surface area contributed by atoms with E-state index in [0.29, 0.717) is 158 Å². The summed E-state index contributed by atoms with van der Waals surface area (Å²) in [6, 6.07) is 11.9. The van der Waals surface area contributed by atoms with Gasteiger partial charge in [0.1, 0.15) is 11.3 Å². The van der Waals surface area contributed by atoms with E-state index in [4.69, 9.17) is 52.0 Å². The number of carbonyl (C=O) groups is 2. The van der Waals surface area contributed by atoms with Crippen molar-refractivity contribution in [2.45, 2.75) is 39.3 Å². The summed E-state index contributed by atoms with van der Waals surface area (Å²) in [5.74, 6) is -0.350. The average Bonchev–Trinajstić information content (AvgIpc) is 3.89. The second-order valence-corrected chi connectivity index (χ2v) is 15.4. The summed E-state index contributed by atoms with van der Waals surface area (Å²) in [5, 5.41) is 6.61. The van der Waals surface area contributed by atoms with Gasteiger partial charge in [-0.3, -0.25) is 9.59 Å². The molecule has 1 fully saturated rings. The second-order valence-electron chi connectivity index (χ2n) is 15.4. The number of carbonyl (C=O) groups excluding carboxylic acids is 2. The van der Waals surface area contributed by atoms with Crippen molar-refractivity contribution >= 4 is 45.5 Å². The molecule has 0 aliphatic carbocycles. The summed E-state index contributed by atoms with van der Waals surface area (Å²) < 4.78 is 72.7. The fourth-order valence-corrected chi connectivity index (χ4v) is 7.47. The number of hydrogen-bond donors (Lipinski definition) is 2. The number of hydrogen-bond acceptors (Lipinski definition) is 15. The molecule has 65 heavy (non-hydrogen) atoms. The lowest BCUT2D eigenvalue weighted by Gasteiger charge is -2.30. The number of rotatable bonds is 33. The Bertz CT molecular complexity index is 2010. The average molecular weight is 915 g/mol. The van der Waals surface area contributed by atoms with Crippen LogP contribution in [0.3, 0.4) is 0 Å². The maximum Gasteiger partial charge on any atom is 0.298 e. The van der Waals surface area contributed by atoms with Crippen LogP contribution in [0.2, 0.25) is 0 Å². The number of amides is 2. The Morgan fingerprint density at radius 2 is 1.26 bits per heavy atom. The zero-order chi connectivity index (χ0) is 45.3. The van der Waals surface area contributed by atoms with Gasteiger partial charge in [-0.25, -0.2) is 4.39 Å². The van der Waals surface area contributed by atoms with Crippen LogP contribution in [0.25, 0.3) is 22.0 Å². The number of nitrogens with zero attached hydrogens (tertiary/aromatic N) is 4. The Morgan fingerprint density at radius 1 is 0.677 bits per heavy atom. The molecule has 2 aliphatic heterocycles. The maximum absolute atomic E-state index is 14.5. The van der Waals surface area contributed by atoms with Crippen molar-refractivity contribution in [3.8, 4) is 0 Å². The number of oxazole rings is 1. The highest BCUT2D eigenvalue weighted by molar-refractivity contribution is 5.87. The molecule has 19 heteroatoms. The first kappa shape index (κ1) is 50.0. The van der Waals surface area contributed by atoms with Gasteiger partial charge >= 0.3 is 0 Å². The molecule has 18 nitrogen and oxygen atoms in total. The number of aromatic nitrogens is 2. The number of halogens is 1. The Morgan fingerprint density at radius 3 is 1.89 bits per heavy atom. The third-order valence-electron chi connectivity index (χ3n) is 10.8. The van der Waals surface area contributed by atoms with Gasteiger partial charge in [-0.1, -0.05) is 6.92 Å². The Hall–Kier alpha value is -4.44. The monoisotopic (exact) mass is 914 g/mol. The highest BCUT2D eigenvalue weighted by atomic mass is 19.1. The first-order valence-electron chi connectivity index (χ1n) is 22.9. The Labute approximate surface area is 380 Å². The topological polar surface area (TPSA) is 179 Å². The summed E-state index contributed by atoms with van der Waals surface area (Å²) in [6.45, 7) is 14.5. The second kappa shape index (κ2) is 28.6. The predicted octanol–water partition coefficient (Wildman–Crippen LogP) is 3.49. The van der Waals surface area contributed by atoms with Crippen LogP contribution < -0.4 is 20.4 Å². The number of ether oxygens (including phenoxy) is 9. The fraction of sp³-hybridized carbons (Fsp3) is 0.630. The molecular formula is C46H67FN6O12. The van der Waals surface area contributed by atoms with Crippen molar-refractivity contribution in [1.29, 1.82) is 0 Å². The Balaban J connectivity index is 0.736. The van der Waals surface area contributed by atoms with Crippen LogP contribution in [0.4, 0.5) is 16.1 Å². The lowest BCUT2D eigenvalue weighted by Crippen LogP contribution is -2.36. The van der Waals surface area contributed by atoms with Crippen molar-refractivity contribution in [2.75, 3.05) is 161 Å². The van der Waals surface area contributed by atoms with E-state index in [1.54, 1.807) is 13.0 Å². The minimum Gasteiger partial charge on any atom is -0.423 e.